The van der Waals surface area contributed by atoms with Gasteiger partial charge >= 0.3 is 0 Å². The molecular formula is C13H9ClF. The van der Waals surface area contributed by atoms with Crippen molar-refractivity contribution in [3.63, 3.8) is 0 Å². The van der Waals surface area contributed by atoms with Crippen LogP contribution in [0.3, 0.4) is 0 Å². The van der Waals surface area contributed by atoms with E-state index >= 15 is 0 Å². The molecule has 15 heavy (non-hydrogen) atoms. The molecule has 0 aliphatic rings. The maximum absolute atomic E-state index is 13.5. The van der Waals surface area contributed by atoms with Crippen LogP contribution >= 0.6 is 11.6 Å². The molecule has 0 saturated carbocycles. The summed E-state index contributed by atoms with van der Waals surface area (Å²) in [5.41, 5.74) is 2.23. The van der Waals surface area contributed by atoms with Gasteiger partial charge in [-0.3, -0.25) is 0 Å². The average molecular weight is 220 g/mol. The van der Waals surface area contributed by atoms with E-state index in [-0.39, 0.29) is 5.82 Å². The Hall–Kier alpha value is -1.34. The van der Waals surface area contributed by atoms with Gasteiger partial charge in [0.25, 0.3) is 0 Å². The van der Waals surface area contributed by atoms with Gasteiger partial charge in [-0.2, -0.15) is 0 Å². The van der Waals surface area contributed by atoms with E-state index in [1.807, 2.05) is 24.3 Å². The smallest absolute Gasteiger partial charge is 0.131 e. The van der Waals surface area contributed by atoms with Crippen molar-refractivity contribution in [1.29, 1.82) is 0 Å². The molecule has 0 fully saturated rings. The van der Waals surface area contributed by atoms with Crippen molar-refractivity contribution in [2.24, 2.45) is 0 Å². The molecule has 75 valence electrons. The molecule has 0 amide bonds. The van der Waals surface area contributed by atoms with E-state index in [9.17, 15) is 4.39 Å². The Kier molecular flexibility index (Phi) is 2.74. The highest BCUT2D eigenvalue weighted by Gasteiger charge is 2.04. The van der Waals surface area contributed by atoms with Crippen LogP contribution in [0.25, 0.3) is 11.1 Å². The Morgan fingerprint density at radius 1 is 1.00 bits per heavy atom. The maximum Gasteiger partial charge on any atom is 0.131 e. The summed E-state index contributed by atoms with van der Waals surface area (Å²) >= 11 is 5.82. The fraction of sp³-hybridized carbons (Fsp3) is 0. The van der Waals surface area contributed by atoms with Crippen molar-refractivity contribution in [3.05, 3.63) is 65.8 Å². The first-order chi connectivity index (χ1) is 7.16. The van der Waals surface area contributed by atoms with Gasteiger partial charge in [0.1, 0.15) is 5.82 Å². The minimum atomic E-state index is -0.267. The van der Waals surface area contributed by atoms with Crippen LogP contribution < -0.4 is 0 Å². The lowest BCUT2D eigenvalue weighted by Crippen LogP contribution is -1.84. The van der Waals surface area contributed by atoms with Crippen molar-refractivity contribution < 1.29 is 4.39 Å². The molecule has 0 aliphatic heterocycles. The summed E-state index contributed by atoms with van der Waals surface area (Å²) in [6.07, 6.45) is 0. The Balaban J connectivity index is 2.53. The number of halogens is 2. The van der Waals surface area contributed by atoms with Crippen LogP contribution in [0.1, 0.15) is 5.56 Å². The van der Waals surface area contributed by atoms with Gasteiger partial charge in [-0.15, -0.1) is 0 Å². The van der Waals surface area contributed by atoms with Gasteiger partial charge in [0.05, 0.1) is 0 Å². The Labute approximate surface area is 93.3 Å². The standard InChI is InChI=1S/C13H9ClF/c1-9-2-4-10(5-3-9)12-8-11(14)6-7-13(12)15/h2-8H,1H2. The predicted molar refractivity (Wildman–Crippen MR) is 61.3 cm³/mol. The first kappa shape index (κ1) is 10.2. The molecule has 0 heterocycles. The van der Waals surface area contributed by atoms with E-state index in [1.54, 1.807) is 6.07 Å². The number of hydrogen-bond donors (Lipinski definition) is 0. The lowest BCUT2D eigenvalue weighted by atomic mass is 10.0. The fourth-order valence-corrected chi connectivity index (χ4v) is 1.58. The third-order valence-corrected chi connectivity index (χ3v) is 2.43. The zero-order chi connectivity index (χ0) is 10.8. The molecule has 0 atom stereocenters. The summed E-state index contributed by atoms with van der Waals surface area (Å²) in [5.74, 6) is -0.267. The van der Waals surface area contributed by atoms with Gasteiger partial charge in [-0.1, -0.05) is 35.9 Å². The number of hydrogen-bond acceptors (Lipinski definition) is 0. The molecule has 2 rings (SSSR count). The highest BCUT2D eigenvalue weighted by Crippen LogP contribution is 2.26. The first-order valence-corrected chi connectivity index (χ1v) is 4.92. The average Bonchev–Trinajstić information content (AvgIpc) is 2.23. The van der Waals surface area contributed by atoms with Crippen LogP contribution in [0, 0.1) is 12.7 Å². The first-order valence-electron chi connectivity index (χ1n) is 4.54. The summed E-state index contributed by atoms with van der Waals surface area (Å²) in [5, 5.41) is 0.533. The topological polar surface area (TPSA) is 0 Å². The minimum Gasteiger partial charge on any atom is -0.206 e. The highest BCUT2D eigenvalue weighted by atomic mass is 35.5. The van der Waals surface area contributed by atoms with Gasteiger partial charge in [-0.05, 0) is 36.2 Å². The van der Waals surface area contributed by atoms with E-state index in [0.717, 1.165) is 11.1 Å². The van der Waals surface area contributed by atoms with E-state index in [0.29, 0.717) is 10.6 Å². The van der Waals surface area contributed by atoms with Gasteiger partial charge in [0, 0.05) is 10.6 Å². The molecule has 0 spiro atoms. The van der Waals surface area contributed by atoms with Gasteiger partial charge in [0.15, 0.2) is 0 Å². The third kappa shape index (κ3) is 2.18. The summed E-state index contributed by atoms with van der Waals surface area (Å²) in [6, 6.07) is 11.9. The van der Waals surface area contributed by atoms with Gasteiger partial charge < -0.3 is 0 Å². The molecule has 0 N–H and O–H groups in total. The van der Waals surface area contributed by atoms with Crippen LogP contribution in [0.2, 0.25) is 5.02 Å². The van der Waals surface area contributed by atoms with Crippen LogP contribution in [-0.4, -0.2) is 0 Å². The largest absolute Gasteiger partial charge is 0.206 e. The lowest BCUT2D eigenvalue weighted by molar-refractivity contribution is 0.631. The van der Waals surface area contributed by atoms with E-state index in [4.69, 9.17) is 11.6 Å². The van der Waals surface area contributed by atoms with E-state index in [1.165, 1.54) is 12.1 Å². The van der Waals surface area contributed by atoms with Gasteiger partial charge in [-0.25, -0.2) is 4.39 Å². The van der Waals surface area contributed by atoms with Crippen molar-refractivity contribution in [3.8, 4) is 11.1 Å². The third-order valence-electron chi connectivity index (χ3n) is 2.19. The molecule has 0 saturated heterocycles. The van der Waals surface area contributed by atoms with Crippen LogP contribution in [0.4, 0.5) is 4.39 Å². The minimum absolute atomic E-state index is 0.267. The lowest BCUT2D eigenvalue weighted by Gasteiger charge is -2.04. The number of benzene rings is 2. The summed E-state index contributed by atoms with van der Waals surface area (Å²) in [4.78, 5) is 0. The van der Waals surface area contributed by atoms with Crippen molar-refractivity contribution in [2.75, 3.05) is 0 Å². The van der Waals surface area contributed by atoms with Crippen LogP contribution in [0.15, 0.2) is 42.5 Å². The quantitative estimate of drug-likeness (QED) is 0.670. The van der Waals surface area contributed by atoms with Crippen LogP contribution in [0.5, 0.6) is 0 Å². The van der Waals surface area contributed by atoms with Crippen molar-refractivity contribution in [2.45, 2.75) is 0 Å². The molecule has 1 radical (unpaired) electrons. The molecule has 2 aromatic carbocycles. The molecule has 2 heteroatoms. The Bertz CT molecular complexity index is 474. The number of rotatable bonds is 1. The zero-order valence-electron chi connectivity index (χ0n) is 8.00. The monoisotopic (exact) mass is 219 g/mol. The molecule has 0 aromatic heterocycles. The second-order valence-electron chi connectivity index (χ2n) is 3.32. The molecule has 0 bridgehead atoms. The summed E-state index contributed by atoms with van der Waals surface area (Å²) in [7, 11) is 0. The Morgan fingerprint density at radius 3 is 2.33 bits per heavy atom. The fourth-order valence-electron chi connectivity index (χ4n) is 1.40. The molecule has 0 unspecified atom stereocenters. The predicted octanol–water partition coefficient (Wildman–Crippen LogP) is 4.33. The molecular weight excluding hydrogens is 211 g/mol. The highest BCUT2D eigenvalue weighted by molar-refractivity contribution is 6.30. The van der Waals surface area contributed by atoms with Crippen molar-refractivity contribution >= 4 is 11.6 Å². The molecule has 0 nitrogen and oxygen atoms in total. The molecule has 2 aromatic rings. The van der Waals surface area contributed by atoms with Gasteiger partial charge in [0.2, 0.25) is 0 Å². The van der Waals surface area contributed by atoms with Crippen molar-refractivity contribution in [1.82, 2.24) is 0 Å². The second kappa shape index (κ2) is 4.03. The molecule has 0 aliphatic carbocycles. The van der Waals surface area contributed by atoms with E-state index < -0.39 is 0 Å². The Morgan fingerprint density at radius 2 is 1.67 bits per heavy atom. The second-order valence-corrected chi connectivity index (χ2v) is 3.76. The van der Waals surface area contributed by atoms with Crippen LogP contribution in [-0.2, 0) is 0 Å². The summed E-state index contributed by atoms with van der Waals surface area (Å²) in [6.45, 7) is 3.78. The summed E-state index contributed by atoms with van der Waals surface area (Å²) < 4.78 is 13.5. The normalized spacial score (nSPS) is 10.3. The van der Waals surface area contributed by atoms with E-state index in [2.05, 4.69) is 6.92 Å². The SMILES string of the molecule is [CH2]c1ccc(-c2cc(Cl)ccc2F)cc1. The maximum atomic E-state index is 13.5. The zero-order valence-corrected chi connectivity index (χ0v) is 8.76.